The number of pyridine rings is 1. The van der Waals surface area contributed by atoms with Crippen LogP contribution in [0, 0.1) is 11.3 Å². The van der Waals surface area contributed by atoms with Crippen LogP contribution in [0.1, 0.15) is 54.4 Å². The van der Waals surface area contributed by atoms with Crippen LogP contribution in [0.25, 0.3) is 22.6 Å². The van der Waals surface area contributed by atoms with Gasteiger partial charge >= 0.3 is 5.97 Å². The minimum atomic E-state index is -0.924. The molecule has 0 fully saturated rings. The van der Waals surface area contributed by atoms with E-state index in [-0.39, 0.29) is 11.3 Å². The van der Waals surface area contributed by atoms with Crippen molar-refractivity contribution < 1.29 is 24.1 Å². The number of carboxylic acid groups (broad SMARTS) is 1. The molecule has 0 amide bonds. The summed E-state index contributed by atoms with van der Waals surface area (Å²) in [5.41, 5.74) is 4.36. The van der Waals surface area contributed by atoms with E-state index in [0.717, 1.165) is 28.8 Å². The number of allylic oxidation sites excluding steroid dienone is 1. The van der Waals surface area contributed by atoms with Gasteiger partial charge in [0.2, 0.25) is 0 Å². The van der Waals surface area contributed by atoms with E-state index in [1.807, 2.05) is 36.4 Å². The minimum Gasteiger partial charge on any atom is -0.496 e. The van der Waals surface area contributed by atoms with Crippen LogP contribution in [0.2, 0.25) is 0 Å². The molecule has 34 heavy (non-hydrogen) atoms. The number of carbonyl (C=O) groups is 1. The van der Waals surface area contributed by atoms with Gasteiger partial charge in [0.1, 0.15) is 5.75 Å². The molecule has 0 bridgehead atoms. The Kier molecular flexibility index (Phi) is 6.26. The summed E-state index contributed by atoms with van der Waals surface area (Å²) in [6.45, 7) is 6.60. The molecule has 0 saturated heterocycles. The smallest absolute Gasteiger partial charge is 0.336 e. The highest BCUT2D eigenvalue weighted by Crippen LogP contribution is 2.46. The number of nitrogens with zero attached hydrogens (tertiary/aromatic N) is 1. The Labute approximate surface area is 200 Å². The summed E-state index contributed by atoms with van der Waals surface area (Å²) in [7, 11) is 4.80. The molecule has 6 nitrogen and oxygen atoms in total. The van der Waals surface area contributed by atoms with Crippen LogP contribution in [0.5, 0.6) is 17.2 Å². The van der Waals surface area contributed by atoms with Gasteiger partial charge in [-0.3, -0.25) is 0 Å². The zero-order valence-electron chi connectivity index (χ0n) is 20.6. The second-order valence-electron chi connectivity index (χ2n) is 9.73. The summed E-state index contributed by atoms with van der Waals surface area (Å²) in [5.74, 6) is 1.14. The van der Waals surface area contributed by atoms with E-state index in [4.69, 9.17) is 19.2 Å². The summed E-state index contributed by atoms with van der Waals surface area (Å²) < 4.78 is 16.6. The monoisotopic (exact) mass is 461 g/mol. The Morgan fingerprint density at radius 2 is 1.65 bits per heavy atom. The van der Waals surface area contributed by atoms with E-state index in [1.54, 1.807) is 27.4 Å². The molecule has 178 valence electrons. The van der Waals surface area contributed by atoms with Gasteiger partial charge in [0, 0.05) is 17.0 Å². The Balaban J connectivity index is 2.01. The number of hydrogen-bond acceptors (Lipinski definition) is 5. The van der Waals surface area contributed by atoms with Crippen molar-refractivity contribution in [3.05, 3.63) is 58.8 Å². The molecule has 0 saturated carbocycles. The highest BCUT2D eigenvalue weighted by atomic mass is 16.5. The minimum absolute atomic E-state index is 0.0140. The average Bonchev–Trinajstić information content (AvgIpc) is 2.81. The number of ether oxygens (including phenoxy) is 3. The predicted octanol–water partition coefficient (Wildman–Crippen LogP) is 6.11. The zero-order chi connectivity index (χ0) is 24.6. The summed E-state index contributed by atoms with van der Waals surface area (Å²) >= 11 is 0. The molecule has 0 aliphatic heterocycles. The van der Waals surface area contributed by atoms with Crippen molar-refractivity contribution in [1.29, 1.82) is 0 Å². The zero-order valence-corrected chi connectivity index (χ0v) is 20.6. The predicted molar refractivity (Wildman–Crippen MR) is 134 cm³/mol. The van der Waals surface area contributed by atoms with Gasteiger partial charge < -0.3 is 19.3 Å². The molecule has 1 aromatic heterocycles. The molecule has 2 aromatic carbocycles. The van der Waals surface area contributed by atoms with Gasteiger partial charge in [-0.05, 0) is 53.5 Å². The summed E-state index contributed by atoms with van der Waals surface area (Å²) in [5, 5.41) is 10.9. The number of aromatic carboxylic acids is 1. The first-order valence-corrected chi connectivity index (χ1v) is 11.3. The van der Waals surface area contributed by atoms with Crippen LogP contribution in [-0.4, -0.2) is 37.4 Å². The largest absolute Gasteiger partial charge is 0.496 e. The van der Waals surface area contributed by atoms with E-state index in [9.17, 15) is 9.90 Å². The van der Waals surface area contributed by atoms with Crippen LogP contribution in [-0.2, 0) is 6.42 Å². The van der Waals surface area contributed by atoms with Crippen molar-refractivity contribution >= 4 is 28.5 Å². The first-order valence-electron chi connectivity index (χ1n) is 11.3. The third kappa shape index (κ3) is 4.20. The van der Waals surface area contributed by atoms with Gasteiger partial charge in [0.25, 0.3) is 0 Å². The Bertz CT molecular complexity index is 1290. The van der Waals surface area contributed by atoms with Gasteiger partial charge in [-0.15, -0.1) is 0 Å². The number of fused-ring (bicyclic) bond motifs is 2. The lowest BCUT2D eigenvalue weighted by Crippen LogP contribution is -2.28. The normalized spacial score (nSPS) is 16.9. The molecule has 3 aromatic rings. The number of aromatic nitrogens is 1. The van der Waals surface area contributed by atoms with Gasteiger partial charge in [-0.1, -0.05) is 39.0 Å². The quantitative estimate of drug-likeness (QED) is 0.494. The standard InChI is InChI=1S/C28H31NO5/c1-28(2,3)18-12-17(11-16-13-23(33-5)24(34-6)15-22(16)32-4)26-20(14-18)25(27(30)31)19-9-7-8-10-21(19)29-26/h7-11,13,15,18H,12,14H2,1-6H3,(H,30,31)/b17-11-. The number of carboxylic acids is 1. The first kappa shape index (κ1) is 23.6. The highest BCUT2D eigenvalue weighted by molar-refractivity contribution is 6.06. The number of benzene rings is 2. The van der Waals surface area contributed by atoms with E-state index < -0.39 is 5.97 Å². The van der Waals surface area contributed by atoms with Gasteiger partial charge in [0.15, 0.2) is 11.5 Å². The van der Waals surface area contributed by atoms with Gasteiger partial charge in [-0.2, -0.15) is 0 Å². The lowest BCUT2D eigenvalue weighted by atomic mass is 9.69. The fraction of sp³-hybridized carbons (Fsp3) is 0.357. The number of methoxy groups -OCH3 is 3. The highest BCUT2D eigenvalue weighted by Gasteiger charge is 2.35. The van der Waals surface area contributed by atoms with Crippen molar-refractivity contribution in [2.24, 2.45) is 11.3 Å². The first-order chi connectivity index (χ1) is 16.2. The second-order valence-corrected chi connectivity index (χ2v) is 9.73. The average molecular weight is 462 g/mol. The maximum absolute atomic E-state index is 12.5. The van der Waals surface area contributed by atoms with Crippen LogP contribution >= 0.6 is 0 Å². The van der Waals surface area contributed by atoms with Gasteiger partial charge in [-0.25, -0.2) is 9.78 Å². The molecular weight excluding hydrogens is 430 g/mol. The molecule has 1 unspecified atom stereocenters. The molecular formula is C28H31NO5. The molecule has 1 aliphatic carbocycles. The van der Waals surface area contributed by atoms with Crippen LogP contribution < -0.4 is 14.2 Å². The van der Waals surface area contributed by atoms with Crippen LogP contribution in [0.15, 0.2) is 36.4 Å². The number of rotatable bonds is 5. The molecule has 0 spiro atoms. The Morgan fingerprint density at radius 3 is 2.26 bits per heavy atom. The Hall–Kier alpha value is -3.54. The maximum atomic E-state index is 12.5. The summed E-state index contributed by atoms with van der Waals surface area (Å²) in [6.07, 6.45) is 3.49. The number of para-hydroxylation sites is 1. The fourth-order valence-electron chi connectivity index (χ4n) is 4.73. The molecule has 1 aliphatic rings. The summed E-state index contributed by atoms with van der Waals surface area (Å²) in [4.78, 5) is 17.4. The van der Waals surface area contributed by atoms with E-state index >= 15 is 0 Å². The van der Waals surface area contributed by atoms with Crippen molar-refractivity contribution in [3.63, 3.8) is 0 Å². The van der Waals surface area contributed by atoms with E-state index in [1.165, 1.54) is 0 Å². The fourth-order valence-corrected chi connectivity index (χ4v) is 4.73. The van der Waals surface area contributed by atoms with Gasteiger partial charge in [0.05, 0.1) is 38.1 Å². The Morgan fingerprint density at radius 1 is 1.00 bits per heavy atom. The third-order valence-electron chi connectivity index (χ3n) is 6.72. The van der Waals surface area contributed by atoms with Crippen molar-refractivity contribution in [1.82, 2.24) is 4.98 Å². The summed E-state index contributed by atoms with van der Waals surface area (Å²) in [6, 6.07) is 11.1. The molecule has 1 heterocycles. The van der Waals surface area contributed by atoms with Crippen LogP contribution in [0.3, 0.4) is 0 Å². The van der Waals surface area contributed by atoms with Crippen LogP contribution in [0.4, 0.5) is 0 Å². The molecule has 4 rings (SSSR count). The second kappa shape index (κ2) is 9.01. The van der Waals surface area contributed by atoms with E-state index in [2.05, 4.69) is 20.8 Å². The lowest BCUT2D eigenvalue weighted by molar-refractivity contribution is 0.0696. The molecule has 1 atom stereocenters. The van der Waals surface area contributed by atoms with Crippen molar-refractivity contribution in [2.45, 2.75) is 33.6 Å². The lowest BCUT2D eigenvalue weighted by Gasteiger charge is -2.36. The van der Waals surface area contributed by atoms with Crippen molar-refractivity contribution in [3.8, 4) is 17.2 Å². The topological polar surface area (TPSA) is 77.9 Å². The molecule has 0 radical (unpaired) electrons. The SMILES string of the molecule is COc1cc(OC)c(OC)cc1/C=C1/CC(C(C)(C)C)Cc2c1nc1ccccc1c2C(=O)O. The number of hydrogen-bond donors (Lipinski definition) is 1. The van der Waals surface area contributed by atoms with E-state index in [0.29, 0.717) is 40.1 Å². The molecule has 6 heteroatoms. The third-order valence-corrected chi connectivity index (χ3v) is 6.72. The molecule has 1 N–H and O–H groups in total. The maximum Gasteiger partial charge on any atom is 0.336 e. The van der Waals surface area contributed by atoms with Crippen molar-refractivity contribution in [2.75, 3.05) is 21.3 Å².